The van der Waals surface area contributed by atoms with Crippen molar-refractivity contribution in [2.45, 2.75) is 51.5 Å². The minimum Gasteiger partial charge on any atom is -0.368 e. The molecule has 0 rings (SSSR count). The Labute approximate surface area is 232 Å². The van der Waals surface area contributed by atoms with E-state index in [1.807, 2.05) is 13.8 Å². The third kappa shape index (κ3) is 18.1. The number of hydrogen-bond acceptors (Lipinski definition) is 15. The molecule has 0 aliphatic carbocycles. The lowest BCUT2D eigenvalue weighted by Crippen LogP contribution is -2.52. The summed E-state index contributed by atoms with van der Waals surface area (Å²) in [6, 6.07) is -1.98. The minimum atomic E-state index is -1.08. The summed E-state index contributed by atoms with van der Waals surface area (Å²) in [4.78, 5) is 83.2. The molecule has 0 unspecified atom stereocenters. The van der Waals surface area contributed by atoms with E-state index in [-0.39, 0.29) is 25.4 Å². The van der Waals surface area contributed by atoms with E-state index < -0.39 is 78.9 Å². The minimum absolute atomic E-state index is 0.0177. The van der Waals surface area contributed by atoms with E-state index in [1.54, 1.807) is 0 Å². The number of amides is 3. The van der Waals surface area contributed by atoms with Crippen LogP contribution < -0.4 is 60.6 Å². The van der Waals surface area contributed by atoms with Crippen LogP contribution in [0, 0.1) is 5.92 Å². The second kappa shape index (κ2) is 20.6. The summed E-state index contributed by atoms with van der Waals surface area (Å²) in [6.45, 7) is 2.07. The third-order valence-corrected chi connectivity index (χ3v) is 5.04. The van der Waals surface area contributed by atoms with E-state index in [2.05, 4.69) is 37.7 Å². The van der Waals surface area contributed by atoms with Crippen molar-refractivity contribution < 1.29 is 33.6 Å². The first-order chi connectivity index (χ1) is 18.7. The fourth-order valence-corrected chi connectivity index (χ4v) is 3.00. The number of Topliss-reactive ketones (excluding diaryl/α,β-unsaturated/α-hetero) is 4. The van der Waals surface area contributed by atoms with Crippen molar-refractivity contribution in [3.05, 3.63) is 0 Å². The molecule has 0 heterocycles. The van der Waals surface area contributed by atoms with Gasteiger partial charge in [0.05, 0.1) is 44.8 Å². The zero-order valence-corrected chi connectivity index (χ0v) is 22.8. The van der Waals surface area contributed by atoms with Crippen molar-refractivity contribution in [3.63, 3.8) is 0 Å². The summed E-state index contributed by atoms with van der Waals surface area (Å²) < 4.78 is 0. The summed E-state index contributed by atoms with van der Waals surface area (Å²) in [5, 5.41) is 7.53. The Morgan fingerprint density at radius 3 is 1.75 bits per heavy atom. The van der Waals surface area contributed by atoms with Gasteiger partial charge in [0.25, 0.3) is 0 Å². The van der Waals surface area contributed by atoms with Crippen LogP contribution in [0.2, 0.25) is 0 Å². The number of carbonyl (C=O) groups is 7. The molecule has 18 heteroatoms. The number of hydrazine groups is 2. The molecule has 0 fully saturated rings. The van der Waals surface area contributed by atoms with Gasteiger partial charge in [-0.1, -0.05) is 13.8 Å². The summed E-state index contributed by atoms with van der Waals surface area (Å²) >= 11 is 0. The Hall–Kier alpha value is -3.23. The van der Waals surface area contributed by atoms with Gasteiger partial charge in [-0.2, -0.15) is 0 Å². The molecule has 0 aromatic carbocycles. The van der Waals surface area contributed by atoms with Crippen LogP contribution >= 0.6 is 0 Å². The first-order valence-electron chi connectivity index (χ1n) is 12.6. The van der Waals surface area contributed by atoms with Crippen LogP contribution in [0.3, 0.4) is 0 Å². The predicted molar refractivity (Wildman–Crippen MR) is 143 cm³/mol. The predicted octanol–water partition coefficient (Wildman–Crippen LogP) is -6.52. The van der Waals surface area contributed by atoms with Crippen molar-refractivity contribution in [2.75, 3.05) is 39.3 Å². The maximum absolute atomic E-state index is 12.7. The van der Waals surface area contributed by atoms with Gasteiger partial charge in [0.1, 0.15) is 6.29 Å². The molecular formula is C22H43N11O7. The average molecular weight is 574 g/mol. The number of nitrogens with two attached hydrogens (primary N) is 4. The zero-order valence-electron chi connectivity index (χ0n) is 22.8. The van der Waals surface area contributed by atoms with E-state index in [1.165, 1.54) is 0 Å². The van der Waals surface area contributed by atoms with Gasteiger partial charge in [-0.25, -0.2) is 21.7 Å². The molecular weight excluding hydrogens is 530 g/mol. The van der Waals surface area contributed by atoms with Gasteiger partial charge in [-0.15, -0.1) is 0 Å². The lowest BCUT2D eigenvalue weighted by atomic mass is 9.97. The first-order valence-corrected chi connectivity index (χ1v) is 12.6. The Bertz CT molecular complexity index is 883. The van der Waals surface area contributed by atoms with Gasteiger partial charge >= 0.3 is 0 Å². The van der Waals surface area contributed by atoms with Gasteiger partial charge in [0.15, 0.2) is 0 Å². The molecule has 0 aliphatic heterocycles. The van der Waals surface area contributed by atoms with Gasteiger partial charge in [0, 0.05) is 0 Å². The monoisotopic (exact) mass is 573 g/mol. The number of rotatable bonds is 24. The quantitative estimate of drug-likeness (QED) is 0.0221. The van der Waals surface area contributed by atoms with E-state index in [0.29, 0.717) is 19.4 Å². The van der Waals surface area contributed by atoms with Gasteiger partial charge in [-0.3, -0.25) is 38.9 Å². The topological polar surface area (TPSA) is 308 Å². The normalized spacial score (nSPS) is 12.6. The average Bonchev–Trinajstić information content (AvgIpc) is 2.88. The highest BCUT2D eigenvalue weighted by atomic mass is 16.2. The Balaban J connectivity index is 4.46. The van der Waals surface area contributed by atoms with Gasteiger partial charge in [-0.05, 0) is 31.7 Å². The first kappa shape index (κ1) is 36.8. The number of hydrogen-bond donors (Lipinski definition) is 11. The van der Waals surface area contributed by atoms with Crippen LogP contribution in [0.4, 0.5) is 0 Å². The molecule has 15 N–H and O–H groups in total. The van der Waals surface area contributed by atoms with Crippen molar-refractivity contribution in [1.82, 2.24) is 37.7 Å². The highest BCUT2D eigenvalue weighted by Crippen LogP contribution is 2.07. The number of carbonyl (C=O) groups excluding carboxylic acids is 7. The van der Waals surface area contributed by atoms with Gasteiger partial charge < -0.3 is 33.6 Å². The Morgan fingerprint density at radius 1 is 0.725 bits per heavy atom. The molecule has 2 atom stereocenters. The van der Waals surface area contributed by atoms with E-state index in [9.17, 15) is 33.6 Å². The van der Waals surface area contributed by atoms with Crippen LogP contribution in [0.25, 0.3) is 0 Å². The fourth-order valence-electron chi connectivity index (χ4n) is 3.00. The third-order valence-electron chi connectivity index (χ3n) is 5.04. The maximum atomic E-state index is 12.7. The molecule has 228 valence electrons. The van der Waals surface area contributed by atoms with Crippen molar-refractivity contribution in [2.24, 2.45) is 28.9 Å². The number of ketones is 4. The fraction of sp³-hybridized carbons (Fsp3) is 0.682. The van der Waals surface area contributed by atoms with E-state index >= 15 is 0 Å². The molecule has 0 radical (unpaired) electrons. The largest absolute Gasteiger partial charge is 0.368 e. The van der Waals surface area contributed by atoms with Crippen molar-refractivity contribution in [3.8, 4) is 0 Å². The standard InChI is InChI=1S/C22H43N11O7/c1-12(2)6-14(33-21(40)13(23)4-3-5-27-22(25)26)20(39)17(36)9-31-29-7-15(34)16(35)8-30-32-11-19(38)28-10-18(24)37/h12-14,22,27,29-32H,3-11,23,25-26H2,1-2H3,(H2,24,37)(H,28,38)(H,33,40)/t13-,14-/m0/s1. The molecule has 0 saturated carbocycles. The molecule has 0 spiro atoms. The molecule has 18 nitrogen and oxygen atoms in total. The van der Waals surface area contributed by atoms with Gasteiger partial charge in [0.2, 0.25) is 40.9 Å². The molecule has 40 heavy (non-hydrogen) atoms. The molecule has 0 aliphatic rings. The van der Waals surface area contributed by atoms with Crippen LogP contribution in [-0.2, 0) is 33.6 Å². The second-order valence-corrected chi connectivity index (χ2v) is 9.21. The number of nitrogens with one attached hydrogen (secondary N) is 7. The van der Waals surface area contributed by atoms with Crippen molar-refractivity contribution in [1.29, 1.82) is 0 Å². The van der Waals surface area contributed by atoms with E-state index in [4.69, 9.17) is 22.9 Å². The van der Waals surface area contributed by atoms with E-state index in [0.717, 1.165) is 0 Å². The molecule has 0 aromatic rings. The number of primary amides is 1. The van der Waals surface area contributed by atoms with Crippen LogP contribution in [0.1, 0.15) is 33.1 Å². The molecule has 3 amide bonds. The maximum Gasteiger partial charge on any atom is 0.237 e. The smallest absolute Gasteiger partial charge is 0.237 e. The van der Waals surface area contributed by atoms with Crippen LogP contribution in [-0.4, -0.2) is 98.5 Å². The summed E-state index contributed by atoms with van der Waals surface area (Å²) in [6.07, 6.45) is 0.340. The van der Waals surface area contributed by atoms with Crippen molar-refractivity contribution >= 4 is 40.9 Å². The second-order valence-electron chi connectivity index (χ2n) is 9.21. The summed E-state index contributed by atoms with van der Waals surface area (Å²) in [7, 11) is 0. The lowest BCUT2D eigenvalue weighted by molar-refractivity contribution is -0.139. The highest BCUT2D eigenvalue weighted by molar-refractivity contribution is 6.40. The summed E-state index contributed by atoms with van der Waals surface area (Å²) in [5.41, 5.74) is 31.1. The molecule has 0 saturated heterocycles. The molecule has 0 bridgehead atoms. The lowest BCUT2D eigenvalue weighted by Gasteiger charge is -2.21. The van der Waals surface area contributed by atoms with Crippen LogP contribution in [0.15, 0.2) is 0 Å². The Kier molecular flexibility index (Phi) is 19.0. The zero-order chi connectivity index (χ0) is 30.7. The molecule has 0 aromatic heterocycles. The highest BCUT2D eigenvalue weighted by Gasteiger charge is 2.28. The van der Waals surface area contributed by atoms with Crippen LogP contribution in [0.5, 0.6) is 0 Å². The summed E-state index contributed by atoms with van der Waals surface area (Å²) in [5.74, 6) is -5.24. The Morgan fingerprint density at radius 2 is 1.25 bits per heavy atom. The SMILES string of the molecule is CC(C)C[C@H](NC(=O)[C@@H](N)CCCNC(N)N)C(=O)C(=O)CNNCC(=O)C(=O)CNNCC(=O)NCC(N)=O.